The Morgan fingerprint density at radius 3 is 2.29 bits per heavy atom. The zero-order valence-electron chi connectivity index (χ0n) is 16.7. The normalized spacial score (nSPS) is 16.3. The van der Waals surface area contributed by atoms with Crippen molar-refractivity contribution in [3.8, 4) is 6.07 Å². The summed E-state index contributed by atoms with van der Waals surface area (Å²) in [4.78, 5) is 19.6. The van der Waals surface area contributed by atoms with Crippen LogP contribution in [-0.2, 0) is 11.3 Å². The van der Waals surface area contributed by atoms with Crippen molar-refractivity contribution in [1.82, 2.24) is 9.80 Å². The van der Waals surface area contributed by atoms with Crippen LogP contribution < -0.4 is 4.90 Å². The van der Waals surface area contributed by atoms with Gasteiger partial charge in [0, 0.05) is 45.0 Å². The van der Waals surface area contributed by atoms with E-state index in [2.05, 4.69) is 15.9 Å². The van der Waals surface area contributed by atoms with Gasteiger partial charge in [-0.15, -0.1) is 0 Å². The molecule has 1 heterocycles. The number of carbonyl (C=O) groups is 1. The SMILES string of the molecule is CCN(C(=O)[C@H](C)N1CCN(Cc2ccc(C#N)cc2)CC1)c1ccccc1. The molecule has 0 aromatic heterocycles. The van der Waals surface area contributed by atoms with E-state index in [1.54, 1.807) is 0 Å². The lowest BCUT2D eigenvalue weighted by Crippen LogP contribution is -2.54. The lowest BCUT2D eigenvalue weighted by atomic mass is 10.1. The standard InChI is InChI=1S/C23H28N4O/c1-3-27(22-7-5-4-6-8-22)23(28)19(2)26-15-13-25(14-16-26)18-21-11-9-20(17-24)10-12-21/h4-12,19H,3,13-16,18H2,1-2H3/t19-/m0/s1. The molecule has 0 aliphatic carbocycles. The summed E-state index contributed by atoms with van der Waals surface area (Å²) in [5, 5.41) is 8.91. The van der Waals surface area contributed by atoms with Crippen LogP contribution in [0.3, 0.4) is 0 Å². The Balaban J connectivity index is 1.54. The predicted molar refractivity (Wildman–Crippen MR) is 112 cm³/mol. The van der Waals surface area contributed by atoms with Gasteiger partial charge in [-0.1, -0.05) is 30.3 Å². The van der Waals surface area contributed by atoms with E-state index < -0.39 is 0 Å². The Bertz CT molecular complexity index is 805. The molecular weight excluding hydrogens is 348 g/mol. The molecule has 0 N–H and O–H groups in total. The van der Waals surface area contributed by atoms with Gasteiger partial charge in [0.05, 0.1) is 17.7 Å². The van der Waals surface area contributed by atoms with Gasteiger partial charge in [-0.2, -0.15) is 5.26 Å². The van der Waals surface area contributed by atoms with Crippen LogP contribution in [0.5, 0.6) is 0 Å². The van der Waals surface area contributed by atoms with Gasteiger partial charge in [-0.25, -0.2) is 0 Å². The number of rotatable bonds is 6. The van der Waals surface area contributed by atoms with Crippen LogP contribution in [0, 0.1) is 11.3 Å². The number of piperazine rings is 1. The fourth-order valence-electron chi connectivity index (χ4n) is 3.71. The van der Waals surface area contributed by atoms with Gasteiger partial charge in [0.25, 0.3) is 0 Å². The minimum Gasteiger partial charge on any atom is -0.311 e. The van der Waals surface area contributed by atoms with Crippen molar-refractivity contribution in [1.29, 1.82) is 5.26 Å². The van der Waals surface area contributed by atoms with Crippen LogP contribution in [-0.4, -0.2) is 54.5 Å². The highest BCUT2D eigenvalue weighted by Crippen LogP contribution is 2.17. The Kier molecular flexibility index (Phi) is 6.80. The van der Waals surface area contributed by atoms with Crippen LogP contribution in [0.4, 0.5) is 5.69 Å². The van der Waals surface area contributed by atoms with Crippen molar-refractivity contribution in [3.63, 3.8) is 0 Å². The van der Waals surface area contributed by atoms with Crippen molar-refractivity contribution in [3.05, 3.63) is 65.7 Å². The summed E-state index contributed by atoms with van der Waals surface area (Å²) in [5.41, 5.74) is 2.87. The quantitative estimate of drug-likeness (QED) is 0.777. The first kappa shape index (κ1) is 20.1. The molecule has 0 radical (unpaired) electrons. The van der Waals surface area contributed by atoms with Gasteiger partial charge in [0.2, 0.25) is 5.91 Å². The molecule has 1 aliphatic heterocycles. The molecule has 1 amide bonds. The molecule has 28 heavy (non-hydrogen) atoms. The number of hydrogen-bond acceptors (Lipinski definition) is 4. The smallest absolute Gasteiger partial charge is 0.244 e. The molecule has 3 rings (SSSR count). The topological polar surface area (TPSA) is 50.6 Å². The molecule has 1 fully saturated rings. The third-order valence-corrected chi connectivity index (χ3v) is 5.45. The van der Waals surface area contributed by atoms with Gasteiger partial charge >= 0.3 is 0 Å². The lowest BCUT2D eigenvalue weighted by Gasteiger charge is -2.39. The largest absolute Gasteiger partial charge is 0.311 e. The first-order valence-corrected chi connectivity index (χ1v) is 9.94. The second-order valence-corrected chi connectivity index (χ2v) is 7.21. The van der Waals surface area contributed by atoms with E-state index in [9.17, 15) is 4.79 Å². The molecule has 5 nitrogen and oxygen atoms in total. The number of amides is 1. The Morgan fingerprint density at radius 1 is 1.07 bits per heavy atom. The van der Waals surface area contributed by atoms with Gasteiger partial charge in [0.1, 0.15) is 0 Å². The number of para-hydroxylation sites is 1. The van der Waals surface area contributed by atoms with Gasteiger partial charge < -0.3 is 4.90 Å². The van der Waals surface area contributed by atoms with E-state index in [0.717, 1.165) is 38.4 Å². The molecule has 146 valence electrons. The van der Waals surface area contributed by atoms with E-state index in [1.165, 1.54) is 5.56 Å². The minimum absolute atomic E-state index is 0.128. The maximum absolute atomic E-state index is 13.1. The Morgan fingerprint density at radius 2 is 1.71 bits per heavy atom. The number of anilines is 1. The van der Waals surface area contributed by atoms with Gasteiger partial charge in [0.15, 0.2) is 0 Å². The van der Waals surface area contributed by atoms with Crippen molar-refractivity contribution < 1.29 is 4.79 Å². The number of hydrogen-bond donors (Lipinski definition) is 0. The fraction of sp³-hybridized carbons (Fsp3) is 0.391. The average molecular weight is 377 g/mol. The van der Waals surface area contributed by atoms with E-state index >= 15 is 0 Å². The fourth-order valence-corrected chi connectivity index (χ4v) is 3.71. The zero-order valence-corrected chi connectivity index (χ0v) is 16.7. The number of likely N-dealkylation sites (N-methyl/N-ethyl adjacent to an activating group) is 1. The maximum Gasteiger partial charge on any atom is 0.244 e. The second-order valence-electron chi connectivity index (χ2n) is 7.21. The lowest BCUT2D eigenvalue weighted by molar-refractivity contribution is -0.124. The first-order valence-electron chi connectivity index (χ1n) is 9.94. The highest BCUT2D eigenvalue weighted by molar-refractivity contribution is 5.96. The van der Waals surface area contributed by atoms with Crippen LogP contribution >= 0.6 is 0 Å². The summed E-state index contributed by atoms with van der Waals surface area (Å²) in [6.45, 7) is 9.24. The van der Waals surface area contributed by atoms with Crippen LogP contribution in [0.2, 0.25) is 0 Å². The first-order chi connectivity index (χ1) is 13.6. The predicted octanol–water partition coefficient (Wildman–Crippen LogP) is 3.12. The van der Waals surface area contributed by atoms with Gasteiger partial charge in [-0.3, -0.25) is 14.6 Å². The van der Waals surface area contributed by atoms with E-state index in [-0.39, 0.29) is 11.9 Å². The zero-order chi connectivity index (χ0) is 19.9. The monoisotopic (exact) mass is 376 g/mol. The molecule has 1 atom stereocenters. The maximum atomic E-state index is 13.1. The molecule has 0 unspecified atom stereocenters. The molecule has 0 spiro atoms. The molecule has 1 aliphatic rings. The van der Waals surface area contributed by atoms with Crippen LogP contribution in [0.25, 0.3) is 0 Å². The Hall–Kier alpha value is -2.68. The average Bonchev–Trinajstić information content (AvgIpc) is 2.75. The second kappa shape index (κ2) is 9.50. The van der Waals surface area contributed by atoms with E-state index in [1.807, 2.05) is 73.3 Å². The van der Waals surface area contributed by atoms with Crippen LogP contribution in [0.1, 0.15) is 25.0 Å². The van der Waals surface area contributed by atoms with Crippen molar-refractivity contribution in [2.75, 3.05) is 37.6 Å². The highest BCUT2D eigenvalue weighted by Gasteiger charge is 2.28. The molecule has 0 bridgehead atoms. The summed E-state index contributed by atoms with van der Waals surface area (Å²) < 4.78 is 0. The molecule has 5 heteroatoms. The molecule has 2 aromatic rings. The van der Waals surface area contributed by atoms with E-state index in [0.29, 0.717) is 12.1 Å². The summed E-state index contributed by atoms with van der Waals surface area (Å²) in [5.74, 6) is 0.161. The Labute approximate surface area is 167 Å². The van der Waals surface area contributed by atoms with Gasteiger partial charge in [-0.05, 0) is 43.7 Å². The van der Waals surface area contributed by atoms with Crippen molar-refractivity contribution in [2.45, 2.75) is 26.4 Å². The number of nitriles is 1. The number of nitrogens with zero attached hydrogens (tertiary/aromatic N) is 4. The van der Waals surface area contributed by atoms with E-state index in [4.69, 9.17) is 5.26 Å². The van der Waals surface area contributed by atoms with Crippen LogP contribution in [0.15, 0.2) is 54.6 Å². The third-order valence-electron chi connectivity index (χ3n) is 5.45. The van der Waals surface area contributed by atoms with Crippen molar-refractivity contribution >= 4 is 11.6 Å². The molecular formula is C23H28N4O. The summed E-state index contributed by atoms with van der Waals surface area (Å²) in [7, 11) is 0. The highest BCUT2D eigenvalue weighted by atomic mass is 16.2. The molecule has 2 aromatic carbocycles. The third kappa shape index (κ3) is 4.78. The minimum atomic E-state index is -0.128. The summed E-state index contributed by atoms with van der Waals surface area (Å²) >= 11 is 0. The molecule has 0 saturated carbocycles. The summed E-state index contributed by atoms with van der Waals surface area (Å²) in [6.07, 6.45) is 0. The molecule has 1 saturated heterocycles. The van der Waals surface area contributed by atoms with Crippen molar-refractivity contribution in [2.24, 2.45) is 0 Å². The number of carbonyl (C=O) groups excluding carboxylic acids is 1. The summed E-state index contributed by atoms with van der Waals surface area (Å²) in [6, 6.07) is 19.7. The number of benzene rings is 2.